The monoisotopic (exact) mass is 193 g/mol. The molecule has 0 aliphatic heterocycles. The van der Waals surface area contributed by atoms with E-state index in [1.165, 1.54) is 0 Å². The van der Waals surface area contributed by atoms with E-state index in [-0.39, 0.29) is 17.4 Å². The third-order valence-electron chi connectivity index (χ3n) is 2.64. The second-order valence-electron chi connectivity index (χ2n) is 3.47. The molecule has 0 bridgehead atoms. The summed E-state index contributed by atoms with van der Waals surface area (Å²) in [5, 5.41) is 10.8. The second-order valence-corrected chi connectivity index (χ2v) is 3.47. The Labute approximate surface area is 80.9 Å². The van der Waals surface area contributed by atoms with Crippen LogP contribution in [0.25, 0.3) is 0 Å². The highest BCUT2D eigenvalue weighted by Gasteiger charge is 2.28. The van der Waals surface area contributed by atoms with Gasteiger partial charge in [0.05, 0.1) is 4.92 Å². The molecule has 5 heteroatoms. The Hall–Kier alpha value is -1.62. The van der Waals surface area contributed by atoms with Crippen LogP contribution >= 0.6 is 0 Å². The normalized spacial score (nSPS) is 19.4. The fourth-order valence-electron chi connectivity index (χ4n) is 1.95. The van der Waals surface area contributed by atoms with E-state index in [2.05, 4.69) is 0 Å². The third-order valence-corrected chi connectivity index (χ3v) is 2.64. The highest BCUT2D eigenvalue weighted by atomic mass is 16.6. The van der Waals surface area contributed by atoms with Crippen molar-refractivity contribution >= 4 is 11.4 Å². The van der Waals surface area contributed by atoms with Gasteiger partial charge in [-0.2, -0.15) is 0 Å². The van der Waals surface area contributed by atoms with Gasteiger partial charge in [0.15, 0.2) is 0 Å². The number of nitrogen functional groups attached to an aromatic ring is 1. The molecule has 0 amide bonds. The summed E-state index contributed by atoms with van der Waals surface area (Å²) in [4.78, 5) is 10.3. The molecule has 1 aromatic carbocycles. The zero-order valence-electron chi connectivity index (χ0n) is 7.56. The van der Waals surface area contributed by atoms with Gasteiger partial charge in [0.25, 0.3) is 5.69 Å². The number of nitro groups is 1. The lowest BCUT2D eigenvalue weighted by Gasteiger charge is -2.05. The minimum Gasteiger partial charge on any atom is -0.393 e. The van der Waals surface area contributed by atoms with Gasteiger partial charge in [-0.05, 0) is 24.5 Å². The van der Waals surface area contributed by atoms with Crippen molar-refractivity contribution in [2.45, 2.75) is 18.9 Å². The van der Waals surface area contributed by atoms with Gasteiger partial charge in [-0.15, -0.1) is 0 Å². The van der Waals surface area contributed by atoms with Crippen LogP contribution < -0.4 is 11.5 Å². The van der Waals surface area contributed by atoms with Crippen molar-refractivity contribution < 1.29 is 4.92 Å². The third kappa shape index (κ3) is 1.13. The summed E-state index contributed by atoms with van der Waals surface area (Å²) in [5.41, 5.74) is 13.2. The lowest BCUT2D eigenvalue weighted by Crippen LogP contribution is -2.06. The molecule has 0 saturated carbocycles. The van der Waals surface area contributed by atoms with E-state index in [4.69, 9.17) is 11.5 Å². The van der Waals surface area contributed by atoms with Gasteiger partial charge >= 0.3 is 0 Å². The first-order chi connectivity index (χ1) is 6.61. The van der Waals surface area contributed by atoms with E-state index in [0.717, 1.165) is 12.0 Å². The minimum absolute atomic E-state index is 0.0375. The molecular formula is C9H11N3O2. The number of fused-ring (bicyclic) bond motifs is 1. The van der Waals surface area contributed by atoms with Crippen molar-refractivity contribution in [2.24, 2.45) is 5.73 Å². The molecule has 0 saturated heterocycles. The molecule has 0 radical (unpaired) electrons. The first-order valence-corrected chi connectivity index (χ1v) is 4.42. The van der Waals surface area contributed by atoms with Crippen molar-refractivity contribution in [3.8, 4) is 0 Å². The molecule has 0 aromatic heterocycles. The zero-order valence-corrected chi connectivity index (χ0v) is 7.56. The standard InChI is InChI=1S/C9H11N3O2/c10-7-3-2-6-5(7)1-4-8(11)9(6)12(13)14/h1,4,7H,2-3,10-11H2. The average molecular weight is 193 g/mol. The summed E-state index contributed by atoms with van der Waals surface area (Å²) in [6.07, 6.45) is 1.41. The number of hydrogen-bond donors (Lipinski definition) is 2. The zero-order chi connectivity index (χ0) is 10.3. The van der Waals surface area contributed by atoms with Crippen LogP contribution in [-0.2, 0) is 6.42 Å². The van der Waals surface area contributed by atoms with Crippen LogP contribution in [0.4, 0.5) is 11.4 Å². The quantitative estimate of drug-likeness (QED) is 0.397. The Balaban J connectivity index is 2.65. The molecule has 14 heavy (non-hydrogen) atoms. The molecule has 4 N–H and O–H groups in total. The lowest BCUT2D eigenvalue weighted by molar-refractivity contribution is -0.384. The van der Waals surface area contributed by atoms with E-state index >= 15 is 0 Å². The summed E-state index contributed by atoms with van der Waals surface area (Å²) in [5.74, 6) is 0. The molecule has 0 fully saturated rings. The molecule has 1 atom stereocenters. The maximum Gasteiger partial charge on any atom is 0.295 e. The second kappa shape index (κ2) is 2.95. The van der Waals surface area contributed by atoms with Crippen molar-refractivity contribution in [1.29, 1.82) is 0 Å². The molecule has 74 valence electrons. The summed E-state index contributed by atoms with van der Waals surface area (Å²) in [7, 11) is 0. The highest BCUT2D eigenvalue weighted by Crippen LogP contribution is 2.38. The molecular weight excluding hydrogens is 182 g/mol. The fraction of sp³-hybridized carbons (Fsp3) is 0.333. The minimum atomic E-state index is -0.424. The summed E-state index contributed by atoms with van der Waals surface area (Å²) in [6, 6.07) is 3.27. The summed E-state index contributed by atoms with van der Waals surface area (Å²) < 4.78 is 0. The van der Waals surface area contributed by atoms with Crippen LogP contribution in [-0.4, -0.2) is 4.92 Å². The Morgan fingerprint density at radius 1 is 1.50 bits per heavy atom. The highest BCUT2D eigenvalue weighted by molar-refractivity contribution is 5.66. The Bertz CT molecular complexity index is 403. The average Bonchev–Trinajstić information content (AvgIpc) is 2.47. The molecule has 1 aliphatic rings. The van der Waals surface area contributed by atoms with Gasteiger partial charge in [0, 0.05) is 11.6 Å². The molecule has 0 heterocycles. The molecule has 0 spiro atoms. The van der Waals surface area contributed by atoms with Crippen molar-refractivity contribution in [2.75, 3.05) is 5.73 Å². The lowest BCUT2D eigenvalue weighted by atomic mass is 10.1. The van der Waals surface area contributed by atoms with E-state index in [9.17, 15) is 10.1 Å². The molecule has 5 nitrogen and oxygen atoms in total. The van der Waals surface area contributed by atoms with Gasteiger partial charge in [-0.1, -0.05) is 6.07 Å². The van der Waals surface area contributed by atoms with Crippen LogP contribution in [0.1, 0.15) is 23.6 Å². The molecule has 2 rings (SSSR count). The number of anilines is 1. The Morgan fingerprint density at radius 3 is 2.86 bits per heavy atom. The first-order valence-electron chi connectivity index (χ1n) is 4.42. The van der Waals surface area contributed by atoms with Gasteiger partial charge in [0.2, 0.25) is 0 Å². The van der Waals surface area contributed by atoms with E-state index in [1.54, 1.807) is 12.1 Å². The Kier molecular flexibility index (Phi) is 1.89. The van der Waals surface area contributed by atoms with Gasteiger partial charge in [-0.25, -0.2) is 0 Å². The van der Waals surface area contributed by atoms with Crippen molar-refractivity contribution in [3.63, 3.8) is 0 Å². The van der Waals surface area contributed by atoms with E-state index in [0.29, 0.717) is 12.0 Å². The Morgan fingerprint density at radius 2 is 2.21 bits per heavy atom. The molecule has 1 unspecified atom stereocenters. The van der Waals surface area contributed by atoms with Gasteiger partial charge < -0.3 is 11.5 Å². The first kappa shape index (κ1) is 8.96. The number of hydrogen-bond acceptors (Lipinski definition) is 4. The van der Waals surface area contributed by atoms with Crippen LogP contribution in [0.5, 0.6) is 0 Å². The van der Waals surface area contributed by atoms with Crippen LogP contribution in [0.3, 0.4) is 0 Å². The van der Waals surface area contributed by atoms with Crippen LogP contribution in [0.2, 0.25) is 0 Å². The topological polar surface area (TPSA) is 95.2 Å². The summed E-state index contributed by atoms with van der Waals surface area (Å²) in [6.45, 7) is 0. The van der Waals surface area contributed by atoms with Crippen molar-refractivity contribution in [1.82, 2.24) is 0 Å². The maximum atomic E-state index is 10.8. The number of rotatable bonds is 1. The SMILES string of the molecule is Nc1ccc2c(c1[N+](=O)[O-])CCC2N. The number of nitrogens with two attached hydrogens (primary N) is 2. The van der Waals surface area contributed by atoms with Gasteiger partial charge in [0.1, 0.15) is 5.69 Å². The van der Waals surface area contributed by atoms with E-state index < -0.39 is 4.92 Å². The number of nitro benzene ring substituents is 1. The smallest absolute Gasteiger partial charge is 0.295 e. The maximum absolute atomic E-state index is 10.8. The molecule has 1 aliphatic carbocycles. The van der Waals surface area contributed by atoms with Gasteiger partial charge in [-0.3, -0.25) is 10.1 Å². The predicted octanol–water partition coefficient (Wildman–Crippen LogP) is 1.12. The summed E-state index contributed by atoms with van der Waals surface area (Å²) >= 11 is 0. The predicted molar refractivity (Wildman–Crippen MR) is 52.8 cm³/mol. The number of benzene rings is 1. The van der Waals surface area contributed by atoms with Crippen LogP contribution in [0.15, 0.2) is 12.1 Å². The molecule has 1 aromatic rings. The fourth-order valence-corrected chi connectivity index (χ4v) is 1.95. The number of nitrogens with zero attached hydrogens (tertiary/aromatic N) is 1. The van der Waals surface area contributed by atoms with Crippen LogP contribution in [0, 0.1) is 10.1 Å². The largest absolute Gasteiger partial charge is 0.393 e. The van der Waals surface area contributed by atoms with Crippen molar-refractivity contribution in [3.05, 3.63) is 33.4 Å². The van der Waals surface area contributed by atoms with E-state index in [1.807, 2.05) is 0 Å².